The van der Waals surface area contributed by atoms with Crippen LogP contribution in [0, 0.1) is 6.92 Å². The van der Waals surface area contributed by atoms with Crippen molar-refractivity contribution in [3.8, 4) is 11.5 Å². The van der Waals surface area contributed by atoms with Crippen LogP contribution in [0.3, 0.4) is 0 Å². The van der Waals surface area contributed by atoms with E-state index in [1.807, 2.05) is 38.1 Å². The van der Waals surface area contributed by atoms with Gasteiger partial charge in [0.25, 0.3) is 5.89 Å². The number of hydrogen-bond donors (Lipinski definition) is 1. The minimum atomic E-state index is -0.806. The number of thioether (sulfide) groups is 1. The van der Waals surface area contributed by atoms with E-state index in [9.17, 15) is 4.79 Å². The molecule has 0 saturated carbocycles. The summed E-state index contributed by atoms with van der Waals surface area (Å²) in [6.45, 7) is 3.84. The monoisotopic (exact) mass is 292 g/mol. The van der Waals surface area contributed by atoms with E-state index in [1.54, 1.807) is 0 Å². The van der Waals surface area contributed by atoms with Crippen LogP contribution in [0.2, 0.25) is 0 Å². The van der Waals surface area contributed by atoms with Crippen LogP contribution in [0.5, 0.6) is 0 Å². The maximum absolute atomic E-state index is 10.9. The van der Waals surface area contributed by atoms with E-state index in [4.69, 9.17) is 9.63 Å². The molecule has 1 N–H and O–H groups in total. The van der Waals surface area contributed by atoms with Crippen molar-refractivity contribution in [1.29, 1.82) is 0 Å². The Labute approximate surface area is 121 Å². The Morgan fingerprint density at radius 2 is 2.30 bits per heavy atom. The zero-order valence-electron chi connectivity index (χ0n) is 11.4. The summed E-state index contributed by atoms with van der Waals surface area (Å²) >= 11 is 1.31. The highest BCUT2D eigenvalue weighted by molar-refractivity contribution is 7.99. The average Bonchev–Trinajstić information content (AvgIpc) is 2.88. The van der Waals surface area contributed by atoms with Crippen molar-refractivity contribution in [2.75, 3.05) is 0 Å². The summed E-state index contributed by atoms with van der Waals surface area (Å²) in [4.78, 5) is 15.2. The third kappa shape index (κ3) is 3.60. The van der Waals surface area contributed by atoms with Gasteiger partial charge in [-0.2, -0.15) is 4.98 Å². The maximum atomic E-state index is 10.9. The fourth-order valence-corrected chi connectivity index (χ4v) is 2.59. The van der Waals surface area contributed by atoms with Crippen molar-refractivity contribution in [3.05, 3.63) is 35.7 Å². The first-order chi connectivity index (χ1) is 9.60. The summed E-state index contributed by atoms with van der Waals surface area (Å²) in [5.74, 6) is 0.610. The fourth-order valence-electron chi connectivity index (χ4n) is 1.75. The first-order valence-corrected chi connectivity index (χ1v) is 7.39. The zero-order chi connectivity index (χ0) is 14.5. The number of aliphatic carboxylic acids is 1. The summed E-state index contributed by atoms with van der Waals surface area (Å²) in [6.07, 6.45) is 0.572. The Morgan fingerprint density at radius 3 is 2.95 bits per heavy atom. The van der Waals surface area contributed by atoms with Crippen molar-refractivity contribution >= 4 is 17.7 Å². The van der Waals surface area contributed by atoms with E-state index in [1.165, 1.54) is 11.8 Å². The van der Waals surface area contributed by atoms with E-state index in [0.717, 1.165) is 11.1 Å². The topological polar surface area (TPSA) is 76.2 Å². The fraction of sp³-hybridized carbons (Fsp3) is 0.357. The van der Waals surface area contributed by atoms with Gasteiger partial charge in [0, 0.05) is 5.56 Å². The summed E-state index contributed by atoms with van der Waals surface area (Å²) in [6, 6.07) is 7.80. The van der Waals surface area contributed by atoms with Crippen LogP contribution in [0.4, 0.5) is 0 Å². The molecule has 1 aromatic heterocycles. The number of hydrogen-bond acceptors (Lipinski definition) is 5. The smallest absolute Gasteiger partial charge is 0.316 e. The highest BCUT2D eigenvalue weighted by atomic mass is 32.2. The lowest BCUT2D eigenvalue weighted by molar-refractivity contribution is -0.136. The molecule has 5 nitrogen and oxygen atoms in total. The Balaban J connectivity index is 2.04. The molecule has 0 amide bonds. The Hall–Kier alpha value is -1.82. The molecule has 2 rings (SSSR count). The first kappa shape index (κ1) is 14.6. The normalized spacial score (nSPS) is 12.3. The molecule has 2 aromatic rings. The Bertz CT molecular complexity index is 598. The van der Waals surface area contributed by atoms with E-state index in [2.05, 4.69) is 10.1 Å². The number of carboxylic acid groups (broad SMARTS) is 1. The predicted molar refractivity (Wildman–Crippen MR) is 77.5 cm³/mol. The standard InChI is InChI=1S/C14H16N2O3S/c1-3-11(14(17)18)20-8-12-15-13(19-16-12)10-6-4-5-9(2)7-10/h4-7,11H,3,8H2,1-2H3,(H,17,18). The third-order valence-electron chi connectivity index (χ3n) is 2.79. The van der Waals surface area contributed by atoms with Crippen LogP contribution in [0.1, 0.15) is 24.7 Å². The minimum absolute atomic E-state index is 0.431. The van der Waals surface area contributed by atoms with E-state index >= 15 is 0 Å². The molecule has 0 bridgehead atoms. The molecule has 0 aliphatic carbocycles. The zero-order valence-corrected chi connectivity index (χ0v) is 12.2. The quantitative estimate of drug-likeness (QED) is 0.881. The van der Waals surface area contributed by atoms with Crippen molar-refractivity contribution in [1.82, 2.24) is 10.1 Å². The lowest BCUT2D eigenvalue weighted by Gasteiger charge is -2.06. The molecule has 106 valence electrons. The number of nitrogens with zero attached hydrogens (tertiary/aromatic N) is 2. The second kappa shape index (κ2) is 6.56. The molecule has 1 aromatic carbocycles. The SMILES string of the molecule is CCC(SCc1noc(-c2cccc(C)c2)n1)C(=O)O. The summed E-state index contributed by atoms with van der Waals surface area (Å²) in [5, 5.41) is 12.4. The van der Waals surface area contributed by atoms with Crippen molar-refractivity contribution < 1.29 is 14.4 Å². The summed E-state index contributed by atoms with van der Waals surface area (Å²) in [5.41, 5.74) is 1.99. The average molecular weight is 292 g/mol. The van der Waals surface area contributed by atoms with Gasteiger partial charge >= 0.3 is 5.97 Å². The number of rotatable bonds is 6. The lowest BCUT2D eigenvalue weighted by Crippen LogP contribution is -2.15. The van der Waals surface area contributed by atoms with Gasteiger partial charge in [-0.15, -0.1) is 11.8 Å². The molecule has 1 unspecified atom stereocenters. The van der Waals surface area contributed by atoms with Gasteiger partial charge < -0.3 is 9.63 Å². The number of aryl methyl sites for hydroxylation is 1. The highest BCUT2D eigenvalue weighted by Gasteiger charge is 2.17. The van der Waals surface area contributed by atoms with Gasteiger partial charge in [-0.3, -0.25) is 4.79 Å². The van der Waals surface area contributed by atoms with Crippen LogP contribution < -0.4 is 0 Å². The Kier molecular flexibility index (Phi) is 4.79. The molecular weight excluding hydrogens is 276 g/mol. The largest absolute Gasteiger partial charge is 0.480 e. The number of benzene rings is 1. The van der Waals surface area contributed by atoms with Crippen molar-refractivity contribution in [2.24, 2.45) is 0 Å². The molecule has 1 heterocycles. The highest BCUT2D eigenvalue weighted by Crippen LogP contribution is 2.22. The van der Waals surface area contributed by atoms with Gasteiger partial charge in [0.1, 0.15) is 5.25 Å². The number of carboxylic acids is 1. The molecule has 6 heteroatoms. The van der Waals surface area contributed by atoms with Crippen LogP contribution in [-0.4, -0.2) is 26.5 Å². The van der Waals surface area contributed by atoms with Gasteiger partial charge in [-0.1, -0.05) is 29.8 Å². The van der Waals surface area contributed by atoms with Gasteiger partial charge in [0.05, 0.1) is 5.75 Å². The van der Waals surface area contributed by atoms with Crippen LogP contribution in [0.25, 0.3) is 11.5 Å². The molecule has 0 radical (unpaired) electrons. The first-order valence-electron chi connectivity index (χ1n) is 6.34. The second-order valence-corrected chi connectivity index (χ2v) is 5.62. The van der Waals surface area contributed by atoms with E-state index < -0.39 is 11.2 Å². The van der Waals surface area contributed by atoms with Gasteiger partial charge in [0.15, 0.2) is 5.82 Å². The van der Waals surface area contributed by atoms with Gasteiger partial charge in [-0.25, -0.2) is 0 Å². The molecule has 0 fully saturated rings. The van der Waals surface area contributed by atoms with E-state index in [0.29, 0.717) is 23.9 Å². The summed E-state index contributed by atoms with van der Waals surface area (Å²) in [7, 11) is 0. The molecule has 0 aliphatic rings. The predicted octanol–water partition coefficient (Wildman–Crippen LogP) is 3.14. The molecule has 0 saturated heterocycles. The lowest BCUT2D eigenvalue weighted by atomic mass is 10.1. The van der Waals surface area contributed by atoms with Gasteiger partial charge in [0.2, 0.25) is 0 Å². The number of carbonyl (C=O) groups is 1. The summed E-state index contributed by atoms with van der Waals surface area (Å²) < 4.78 is 5.21. The van der Waals surface area contributed by atoms with Crippen LogP contribution in [0.15, 0.2) is 28.8 Å². The van der Waals surface area contributed by atoms with Crippen LogP contribution >= 0.6 is 11.8 Å². The minimum Gasteiger partial charge on any atom is -0.480 e. The third-order valence-corrected chi connectivity index (χ3v) is 4.16. The molecule has 1 atom stereocenters. The van der Waals surface area contributed by atoms with Crippen molar-refractivity contribution in [3.63, 3.8) is 0 Å². The molecule has 20 heavy (non-hydrogen) atoms. The second-order valence-electron chi connectivity index (χ2n) is 4.43. The van der Waals surface area contributed by atoms with Gasteiger partial charge in [-0.05, 0) is 25.5 Å². The van der Waals surface area contributed by atoms with Crippen LogP contribution in [-0.2, 0) is 10.5 Å². The van der Waals surface area contributed by atoms with Crippen molar-refractivity contribution in [2.45, 2.75) is 31.3 Å². The molecule has 0 spiro atoms. The molecule has 0 aliphatic heterocycles. The molecular formula is C14H16N2O3S. The Morgan fingerprint density at radius 1 is 1.50 bits per heavy atom. The van der Waals surface area contributed by atoms with E-state index in [-0.39, 0.29) is 0 Å². The maximum Gasteiger partial charge on any atom is 0.316 e. The number of aromatic nitrogens is 2.